The van der Waals surface area contributed by atoms with Crippen molar-refractivity contribution in [1.82, 2.24) is 20.7 Å². The van der Waals surface area contributed by atoms with Gasteiger partial charge in [0.25, 0.3) is 6.20 Å². The fraction of sp³-hybridized carbons (Fsp3) is 0.0769. The number of hydrogen-bond donors (Lipinski definition) is 3. The van der Waals surface area contributed by atoms with Crippen molar-refractivity contribution in [2.75, 3.05) is 5.43 Å². The summed E-state index contributed by atoms with van der Waals surface area (Å²) in [6.45, 7) is 0.337. The molecule has 0 bridgehead atoms. The maximum atomic E-state index is 10.6. The van der Waals surface area contributed by atoms with E-state index in [9.17, 15) is 10.1 Å². The number of rotatable bonds is 7. The van der Waals surface area contributed by atoms with Crippen molar-refractivity contribution in [3.63, 3.8) is 0 Å². The number of nitro groups is 1. The largest absolute Gasteiger partial charge is 0.360 e. The van der Waals surface area contributed by atoms with E-state index in [0.717, 1.165) is 11.9 Å². The van der Waals surface area contributed by atoms with E-state index in [4.69, 9.17) is 11.6 Å². The third-order valence-electron chi connectivity index (χ3n) is 2.47. The number of nitrogens with one attached hydrogen (secondary N) is 3. The minimum Gasteiger partial charge on any atom is -0.360 e. The summed E-state index contributed by atoms with van der Waals surface area (Å²) < 4.78 is 0. The summed E-state index contributed by atoms with van der Waals surface area (Å²) >= 11 is 5.73. The third-order valence-corrected chi connectivity index (χ3v) is 2.70. The standard InChI is InChI=1S/C13H13ClN6O2/c14-10-4-5-12(16-7-10)18-19-13(9-20(21)22)17-8-11-3-1-2-6-15-11/h1-7,9,17,19H,8H2,(H,16,18)/b13-9-. The lowest BCUT2D eigenvalue weighted by Crippen LogP contribution is -2.31. The highest BCUT2D eigenvalue weighted by atomic mass is 35.5. The number of hydrazine groups is 1. The quantitative estimate of drug-likeness (QED) is 0.528. The van der Waals surface area contributed by atoms with Gasteiger partial charge in [-0.2, -0.15) is 0 Å². The molecule has 2 aromatic rings. The Labute approximate surface area is 131 Å². The Morgan fingerprint density at radius 2 is 2.18 bits per heavy atom. The van der Waals surface area contributed by atoms with Crippen LogP contribution in [0.4, 0.5) is 5.82 Å². The molecule has 0 fully saturated rings. The van der Waals surface area contributed by atoms with Crippen LogP contribution in [0.5, 0.6) is 0 Å². The summed E-state index contributed by atoms with van der Waals surface area (Å²) in [4.78, 5) is 18.2. The Balaban J connectivity index is 1.94. The van der Waals surface area contributed by atoms with E-state index in [1.54, 1.807) is 24.4 Å². The number of pyridine rings is 2. The first-order valence-corrected chi connectivity index (χ1v) is 6.64. The van der Waals surface area contributed by atoms with Crippen LogP contribution in [0, 0.1) is 10.1 Å². The molecule has 0 aromatic carbocycles. The van der Waals surface area contributed by atoms with Crippen molar-refractivity contribution in [3.05, 3.63) is 75.6 Å². The number of aromatic nitrogens is 2. The highest BCUT2D eigenvalue weighted by Crippen LogP contribution is 2.08. The first-order valence-electron chi connectivity index (χ1n) is 6.26. The Bertz CT molecular complexity index is 647. The highest BCUT2D eigenvalue weighted by Gasteiger charge is 2.03. The average Bonchev–Trinajstić information content (AvgIpc) is 2.52. The van der Waals surface area contributed by atoms with E-state index in [-0.39, 0.29) is 5.82 Å². The minimum atomic E-state index is -0.565. The lowest BCUT2D eigenvalue weighted by atomic mass is 10.3. The van der Waals surface area contributed by atoms with Crippen LogP contribution in [0.15, 0.2) is 54.7 Å². The fourth-order valence-corrected chi connectivity index (χ4v) is 1.61. The number of hydrogen-bond acceptors (Lipinski definition) is 7. The molecule has 114 valence electrons. The Kier molecular flexibility index (Phi) is 5.50. The molecule has 2 aromatic heterocycles. The van der Waals surface area contributed by atoms with E-state index < -0.39 is 4.92 Å². The second kappa shape index (κ2) is 7.79. The van der Waals surface area contributed by atoms with E-state index in [0.29, 0.717) is 17.4 Å². The average molecular weight is 321 g/mol. The van der Waals surface area contributed by atoms with E-state index >= 15 is 0 Å². The maximum Gasteiger partial charge on any atom is 0.275 e. The molecule has 0 saturated carbocycles. The molecule has 8 nitrogen and oxygen atoms in total. The van der Waals surface area contributed by atoms with Crippen LogP contribution in [-0.2, 0) is 6.54 Å². The van der Waals surface area contributed by atoms with Gasteiger partial charge in [0.1, 0.15) is 5.82 Å². The van der Waals surface area contributed by atoms with Gasteiger partial charge in [0.05, 0.1) is 22.2 Å². The molecule has 2 heterocycles. The zero-order chi connectivity index (χ0) is 15.8. The van der Waals surface area contributed by atoms with Gasteiger partial charge in [0.2, 0.25) is 0 Å². The second-order valence-electron chi connectivity index (χ2n) is 4.11. The number of halogens is 1. The van der Waals surface area contributed by atoms with Gasteiger partial charge in [-0.05, 0) is 24.3 Å². The van der Waals surface area contributed by atoms with Crippen molar-refractivity contribution in [2.45, 2.75) is 6.54 Å². The zero-order valence-electron chi connectivity index (χ0n) is 11.4. The van der Waals surface area contributed by atoms with Gasteiger partial charge in [0.15, 0.2) is 5.82 Å². The molecular formula is C13H13ClN6O2. The number of anilines is 1. The number of nitrogens with zero attached hydrogens (tertiary/aromatic N) is 3. The minimum absolute atomic E-state index is 0.174. The molecule has 9 heteroatoms. The normalized spacial score (nSPS) is 10.9. The molecule has 0 radical (unpaired) electrons. The van der Waals surface area contributed by atoms with Crippen LogP contribution in [0.3, 0.4) is 0 Å². The van der Waals surface area contributed by atoms with Crippen LogP contribution in [0.2, 0.25) is 5.02 Å². The molecule has 0 aliphatic rings. The molecule has 22 heavy (non-hydrogen) atoms. The zero-order valence-corrected chi connectivity index (χ0v) is 12.1. The van der Waals surface area contributed by atoms with E-state index in [1.807, 2.05) is 12.1 Å². The Morgan fingerprint density at radius 1 is 1.32 bits per heavy atom. The van der Waals surface area contributed by atoms with Gasteiger partial charge in [-0.15, -0.1) is 0 Å². The summed E-state index contributed by atoms with van der Waals surface area (Å²) in [7, 11) is 0. The van der Waals surface area contributed by atoms with Gasteiger partial charge in [-0.3, -0.25) is 25.9 Å². The molecular weight excluding hydrogens is 308 g/mol. The lowest BCUT2D eigenvalue weighted by Gasteiger charge is -2.12. The van der Waals surface area contributed by atoms with Gasteiger partial charge in [-0.25, -0.2) is 4.98 Å². The summed E-state index contributed by atoms with van der Waals surface area (Å²) in [6.07, 6.45) is 3.92. The predicted octanol–water partition coefficient (Wildman–Crippen LogP) is 1.91. The smallest absolute Gasteiger partial charge is 0.275 e. The fourth-order valence-electron chi connectivity index (χ4n) is 1.50. The summed E-state index contributed by atoms with van der Waals surface area (Å²) in [5.41, 5.74) is 6.17. The van der Waals surface area contributed by atoms with Crippen molar-refractivity contribution in [1.29, 1.82) is 0 Å². The molecule has 0 aliphatic heterocycles. The molecule has 3 N–H and O–H groups in total. The van der Waals surface area contributed by atoms with Crippen LogP contribution in [0.1, 0.15) is 5.69 Å². The highest BCUT2D eigenvalue weighted by molar-refractivity contribution is 6.30. The summed E-state index contributed by atoms with van der Waals surface area (Å²) in [6, 6.07) is 8.73. The van der Waals surface area contributed by atoms with E-state index in [1.165, 1.54) is 6.20 Å². The first-order chi connectivity index (χ1) is 10.6. The molecule has 0 unspecified atom stereocenters. The molecule has 0 amide bonds. The monoisotopic (exact) mass is 320 g/mol. The van der Waals surface area contributed by atoms with Gasteiger partial charge < -0.3 is 5.32 Å². The first kappa shape index (κ1) is 15.5. The van der Waals surface area contributed by atoms with Crippen LogP contribution in [0.25, 0.3) is 0 Å². The van der Waals surface area contributed by atoms with Gasteiger partial charge in [-0.1, -0.05) is 17.7 Å². The van der Waals surface area contributed by atoms with Crippen molar-refractivity contribution in [3.8, 4) is 0 Å². The third kappa shape index (κ3) is 5.25. The van der Waals surface area contributed by atoms with Crippen LogP contribution in [-0.4, -0.2) is 14.9 Å². The molecule has 0 atom stereocenters. The van der Waals surface area contributed by atoms with Crippen molar-refractivity contribution < 1.29 is 4.92 Å². The van der Waals surface area contributed by atoms with Gasteiger partial charge in [0, 0.05) is 12.4 Å². The maximum absolute atomic E-state index is 10.6. The van der Waals surface area contributed by atoms with Crippen LogP contribution < -0.4 is 16.2 Å². The molecule has 0 aliphatic carbocycles. The summed E-state index contributed by atoms with van der Waals surface area (Å²) in [5, 5.41) is 14.0. The SMILES string of the molecule is O=[N+]([O-])/C=C(/NCc1ccccn1)NNc1ccc(Cl)cn1. The molecule has 2 rings (SSSR count). The lowest BCUT2D eigenvalue weighted by molar-refractivity contribution is -0.404. The van der Waals surface area contributed by atoms with Crippen molar-refractivity contribution in [2.24, 2.45) is 0 Å². The van der Waals surface area contributed by atoms with E-state index in [2.05, 4.69) is 26.1 Å². The summed E-state index contributed by atoms with van der Waals surface area (Å²) in [5.74, 6) is 0.644. The second-order valence-corrected chi connectivity index (χ2v) is 4.55. The Morgan fingerprint density at radius 3 is 2.82 bits per heavy atom. The Hall–Kier alpha value is -2.87. The molecule has 0 saturated heterocycles. The molecule has 0 spiro atoms. The topological polar surface area (TPSA) is 105 Å². The van der Waals surface area contributed by atoms with Crippen LogP contribution >= 0.6 is 11.6 Å². The predicted molar refractivity (Wildman–Crippen MR) is 82.2 cm³/mol. The van der Waals surface area contributed by atoms with Crippen molar-refractivity contribution >= 4 is 17.4 Å². The van der Waals surface area contributed by atoms with Gasteiger partial charge >= 0.3 is 0 Å².